The lowest BCUT2D eigenvalue weighted by Crippen LogP contribution is -2.18. The van der Waals surface area contributed by atoms with Crippen LogP contribution in [0.15, 0.2) is 59.7 Å². The third-order valence-corrected chi connectivity index (χ3v) is 4.38. The van der Waals surface area contributed by atoms with Gasteiger partial charge in [0.1, 0.15) is 11.6 Å². The first-order chi connectivity index (χ1) is 14.3. The molecule has 0 radical (unpaired) electrons. The van der Waals surface area contributed by atoms with Crippen LogP contribution in [0.3, 0.4) is 0 Å². The molecule has 2 N–H and O–H groups in total. The van der Waals surface area contributed by atoms with Crippen LogP contribution in [0.25, 0.3) is 5.69 Å². The average molecular weight is 409 g/mol. The number of benzene rings is 2. The summed E-state index contributed by atoms with van der Waals surface area (Å²) in [5.41, 5.74) is 5.98. The number of aliphatic carboxylic acids is 1. The van der Waals surface area contributed by atoms with E-state index in [1.807, 2.05) is 18.4 Å². The van der Waals surface area contributed by atoms with Gasteiger partial charge in [-0.25, -0.2) is 14.6 Å². The fraction of sp³-hybridized carbons (Fsp3) is 0.136. The van der Waals surface area contributed by atoms with Crippen LogP contribution in [0.2, 0.25) is 0 Å². The number of halogens is 1. The molecule has 8 heteroatoms. The third kappa shape index (κ3) is 4.91. The van der Waals surface area contributed by atoms with Gasteiger partial charge in [-0.15, -0.1) is 0 Å². The van der Waals surface area contributed by atoms with Crippen LogP contribution in [0.5, 0.6) is 5.75 Å². The number of hydrazone groups is 1. The maximum atomic E-state index is 13.2. The molecule has 1 aromatic heterocycles. The summed E-state index contributed by atoms with van der Waals surface area (Å²) >= 11 is 0. The van der Waals surface area contributed by atoms with Gasteiger partial charge in [0.15, 0.2) is 6.61 Å². The third-order valence-electron chi connectivity index (χ3n) is 4.38. The molecule has 0 unspecified atom stereocenters. The van der Waals surface area contributed by atoms with Crippen LogP contribution in [0.4, 0.5) is 4.39 Å². The molecule has 1 heterocycles. The molecule has 154 valence electrons. The van der Waals surface area contributed by atoms with Crippen LogP contribution in [-0.4, -0.2) is 34.4 Å². The monoisotopic (exact) mass is 409 g/mol. The maximum absolute atomic E-state index is 13.2. The molecule has 3 aromatic rings. The van der Waals surface area contributed by atoms with Crippen LogP contribution < -0.4 is 10.2 Å². The number of carboxylic acids is 1. The average Bonchev–Trinajstić information content (AvgIpc) is 3.02. The lowest BCUT2D eigenvalue weighted by molar-refractivity contribution is -0.139. The number of aromatic nitrogens is 1. The summed E-state index contributed by atoms with van der Waals surface area (Å²) in [4.78, 5) is 23.0. The normalized spacial score (nSPS) is 10.9. The van der Waals surface area contributed by atoms with E-state index < -0.39 is 12.6 Å². The molecule has 0 atom stereocenters. The molecule has 30 heavy (non-hydrogen) atoms. The highest BCUT2D eigenvalue weighted by molar-refractivity contribution is 5.96. The molecule has 0 bridgehead atoms. The Labute approximate surface area is 172 Å². The molecule has 0 aliphatic carbocycles. The second-order valence-corrected chi connectivity index (χ2v) is 6.55. The largest absolute Gasteiger partial charge is 0.482 e. The highest BCUT2D eigenvalue weighted by atomic mass is 19.1. The zero-order valence-corrected chi connectivity index (χ0v) is 16.4. The summed E-state index contributed by atoms with van der Waals surface area (Å²) in [7, 11) is 0. The quantitative estimate of drug-likeness (QED) is 0.462. The summed E-state index contributed by atoms with van der Waals surface area (Å²) in [6, 6.07) is 14.4. The molecular weight excluding hydrogens is 389 g/mol. The van der Waals surface area contributed by atoms with Crippen molar-refractivity contribution in [3.05, 3.63) is 82.9 Å². The predicted molar refractivity (Wildman–Crippen MR) is 110 cm³/mol. The Bertz CT molecular complexity index is 1090. The minimum Gasteiger partial charge on any atom is -0.482 e. The topological polar surface area (TPSA) is 92.9 Å². The minimum absolute atomic E-state index is 0.324. The van der Waals surface area contributed by atoms with E-state index in [4.69, 9.17) is 9.84 Å². The molecule has 3 rings (SSSR count). The summed E-state index contributed by atoms with van der Waals surface area (Å²) in [6.07, 6.45) is 1.47. The number of carbonyl (C=O) groups excluding carboxylic acids is 1. The van der Waals surface area contributed by atoms with Crippen molar-refractivity contribution >= 4 is 18.1 Å². The van der Waals surface area contributed by atoms with Gasteiger partial charge < -0.3 is 14.4 Å². The van der Waals surface area contributed by atoms with Crippen molar-refractivity contribution < 1.29 is 23.8 Å². The Morgan fingerprint density at radius 1 is 1.13 bits per heavy atom. The van der Waals surface area contributed by atoms with E-state index in [1.54, 1.807) is 42.5 Å². The lowest BCUT2D eigenvalue weighted by Gasteiger charge is -2.09. The van der Waals surface area contributed by atoms with E-state index in [1.165, 1.54) is 18.3 Å². The van der Waals surface area contributed by atoms with E-state index in [9.17, 15) is 14.0 Å². The Balaban J connectivity index is 1.67. The number of nitrogens with zero attached hydrogens (tertiary/aromatic N) is 2. The second-order valence-electron chi connectivity index (χ2n) is 6.55. The SMILES string of the molecule is Cc1cc(C(=O)NN=Cc2ccc(OCC(=O)O)cc2)c(C)n1-c1ccc(F)cc1. The van der Waals surface area contributed by atoms with Crippen molar-refractivity contribution in [1.82, 2.24) is 9.99 Å². The summed E-state index contributed by atoms with van der Waals surface area (Å²) in [6.45, 7) is 3.26. The first-order valence-corrected chi connectivity index (χ1v) is 9.08. The number of ether oxygens (including phenoxy) is 1. The first kappa shape index (κ1) is 20.8. The van der Waals surface area contributed by atoms with Crippen molar-refractivity contribution in [2.75, 3.05) is 6.61 Å². The van der Waals surface area contributed by atoms with E-state index in [0.29, 0.717) is 22.6 Å². The Kier molecular flexibility index (Phi) is 6.26. The van der Waals surface area contributed by atoms with E-state index in [-0.39, 0.29) is 11.7 Å². The van der Waals surface area contributed by atoms with Crippen molar-refractivity contribution in [3.8, 4) is 11.4 Å². The number of hydrogen-bond acceptors (Lipinski definition) is 4. The fourth-order valence-electron chi connectivity index (χ4n) is 3.00. The number of amides is 1. The molecular formula is C22H20FN3O4. The standard InChI is InChI=1S/C22H20FN3O4/c1-14-11-20(15(2)26(14)18-7-5-17(23)6-8-18)22(29)25-24-12-16-3-9-19(10-4-16)30-13-21(27)28/h3-12H,13H2,1-2H3,(H,25,29)(H,27,28). The molecule has 0 aliphatic heterocycles. The Morgan fingerprint density at radius 3 is 2.43 bits per heavy atom. The van der Waals surface area contributed by atoms with Crippen molar-refractivity contribution in [1.29, 1.82) is 0 Å². The summed E-state index contributed by atoms with van der Waals surface area (Å²) in [5, 5.41) is 12.6. The maximum Gasteiger partial charge on any atom is 0.341 e. The zero-order valence-electron chi connectivity index (χ0n) is 16.4. The number of hydrogen-bond donors (Lipinski definition) is 2. The van der Waals surface area contributed by atoms with Gasteiger partial charge in [-0.1, -0.05) is 0 Å². The molecule has 0 saturated carbocycles. The van der Waals surface area contributed by atoms with E-state index >= 15 is 0 Å². The summed E-state index contributed by atoms with van der Waals surface area (Å²) in [5.74, 6) is -1.32. The van der Waals surface area contributed by atoms with E-state index in [2.05, 4.69) is 10.5 Å². The van der Waals surface area contributed by atoms with Gasteiger partial charge in [0.25, 0.3) is 5.91 Å². The van der Waals surface area contributed by atoms with Gasteiger partial charge in [0.05, 0.1) is 11.8 Å². The minimum atomic E-state index is -1.05. The van der Waals surface area contributed by atoms with Crippen molar-refractivity contribution in [3.63, 3.8) is 0 Å². The Morgan fingerprint density at radius 2 is 1.80 bits per heavy atom. The van der Waals surface area contributed by atoms with Crippen LogP contribution >= 0.6 is 0 Å². The van der Waals surface area contributed by atoms with Crippen molar-refractivity contribution in [2.45, 2.75) is 13.8 Å². The highest BCUT2D eigenvalue weighted by Crippen LogP contribution is 2.21. The Hall–Kier alpha value is -3.94. The second kappa shape index (κ2) is 9.04. The lowest BCUT2D eigenvalue weighted by atomic mass is 10.2. The fourth-order valence-corrected chi connectivity index (χ4v) is 3.00. The zero-order chi connectivity index (χ0) is 21.7. The van der Waals surface area contributed by atoms with Gasteiger partial charge in [-0.3, -0.25) is 4.79 Å². The van der Waals surface area contributed by atoms with Crippen LogP contribution in [-0.2, 0) is 4.79 Å². The van der Waals surface area contributed by atoms with E-state index in [0.717, 1.165) is 11.4 Å². The van der Waals surface area contributed by atoms with Gasteiger partial charge in [0.2, 0.25) is 0 Å². The molecule has 1 amide bonds. The van der Waals surface area contributed by atoms with Gasteiger partial charge in [0, 0.05) is 17.1 Å². The number of rotatable bonds is 7. The smallest absolute Gasteiger partial charge is 0.341 e. The molecule has 0 saturated heterocycles. The predicted octanol–water partition coefficient (Wildman–Crippen LogP) is 3.46. The first-order valence-electron chi connectivity index (χ1n) is 9.08. The molecule has 7 nitrogen and oxygen atoms in total. The number of carbonyl (C=O) groups is 2. The molecule has 0 spiro atoms. The van der Waals surface area contributed by atoms with Crippen LogP contribution in [0.1, 0.15) is 27.3 Å². The number of carboxylic acid groups (broad SMARTS) is 1. The molecule has 2 aromatic carbocycles. The molecule has 0 fully saturated rings. The van der Waals surface area contributed by atoms with Gasteiger partial charge >= 0.3 is 5.97 Å². The highest BCUT2D eigenvalue weighted by Gasteiger charge is 2.16. The number of aryl methyl sites for hydroxylation is 1. The van der Waals surface area contributed by atoms with Gasteiger partial charge in [-0.2, -0.15) is 5.10 Å². The number of nitrogens with one attached hydrogen (secondary N) is 1. The molecule has 0 aliphatic rings. The summed E-state index contributed by atoms with van der Waals surface area (Å²) < 4.78 is 20.1. The van der Waals surface area contributed by atoms with Crippen molar-refractivity contribution in [2.24, 2.45) is 5.10 Å². The van der Waals surface area contributed by atoms with Crippen LogP contribution in [0, 0.1) is 19.7 Å². The van der Waals surface area contributed by atoms with Gasteiger partial charge in [-0.05, 0) is 74.0 Å².